The fourth-order valence-corrected chi connectivity index (χ4v) is 3.73. The topological polar surface area (TPSA) is 46.5 Å². The smallest absolute Gasteiger partial charge is 0.309 e. The fourth-order valence-electron chi connectivity index (χ4n) is 3.73. The molecule has 1 aliphatic heterocycles. The summed E-state index contributed by atoms with van der Waals surface area (Å²) in [7, 11) is 0. The van der Waals surface area contributed by atoms with Crippen LogP contribution in [0.5, 0.6) is 0 Å². The van der Waals surface area contributed by atoms with E-state index >= 15 is 0 Å². The zero-order valence-corrected chi connectivity index (χ0v) is 9.65. The maximum atomic E-state index is 11.5. The quantitative estimate of drug-likeness (QED) is 0.801. The lowest BCUT2D eigenvalue weighted by Crippen LogP contribution is -2.35. The third-order valence-electron chi connectivity index (χ3n) is 4.72. The molecule has 3 fully saturated rings. The summed E-state index contributed by atoms with van der Waals surface area (Å²) in [6, 6.07) is 0. The molecular formula is C13H20O3. The number of aliphatic carboxylic acids is 1. The number of carbonyl (C=O) groups is 1. The average Bonchev–Trinajstić information content (AvgIpc) is 2.88. The van der Waals surface area contributed by atoms with Crippen molar-refractivity contribution in [1.82, 2.24) is 0 Å². The highest BCUT2D eigenvalue weighted by atomic mass is 16.5. The standard InChI is InChI=1S/C13H20O3/c14-12(15)13(6-9-5-10(9)7-13)8-11-3-1-2-4-16-11/h9-11H,1-8H2,(H,14,15). The third-order valence-corrected chi connectivity index (χ3v) is 4.72. The van der Waals surface area contributed by atoms with E-state index in [1.54, 1.807) is 0 Å². The summed E-state index contributed by atoms with van der Waals surface area (Å²) in [4.78, 5) is 11.5. The van der Waals surface area contributed by atoms with Crippen LogP contribution in [0.4, 0.5) is 0 Å². The molecule has 2 saturated carbocycles. The molecular weight excluding hydrogens is 204 g/mol. The first-order valence-corrected chi connectivity index (χ1v) is 6.55. The van der Waals surface area contributed by atoms with Gasteiger partial charge in [0.05, 0.1) is 11.5 Å². The van der Waals surface area contributed by atoms with Gasteiger partial charge in [0, 0.05) is 6.61 Å². The average molecular weight is 224 g/mol. The molecule has 1 N–H and O–H groups in total. The van der Waals surface area contributed by atoms with E-state index in [4.69, 9.17) is 4.74 Å². The fraction of sp³-hybridized carbons (Fsp3) is 0.923. The number of ether oxygens (including phenoxy) is 1. The summed E-state index contributed by atoms with van der Waals surface area (Å²) in [5.74, 6) is 0.869. The highest BCUT2D eigenvalue weighted by Crippen LogP contribution is 2.61. The number of hydrogen-bond donors (Lipinski definition) is 1. The maximum Gasteiger partial charge on any atom is 0.309 e. The number of rotatable bonds is 3. The number of hydrogen-bond acceptors (Lipinski definition) is 2. The zero-order chi connectivity index (χ0) is 11.2. The van der Waals surface area contributed by atoms with Crippen LogP contribution in [0, 0.1) is 17.3 Å². The van der Waals surface area contributed by atoms with Crippen molar-refractivity contribution in [2.45, 2.75) is 51.0 Å². The Labute approximate surface area is 96.2 Å². The molecule has 90 valence electrons. The van der Waals surface area contributed by atoms with E-state index in [9.17, 15) is 9.90 Å². The predicted molar refractivity (Wildman–Crippen MR) is 59.1 cm³/mol. The molecule has 3 unspecified atom stereocenters. The first kappa shape index (κ1) is 10.6. The third kappa shape index (κ3) is 1.75. The highest BCUT2D eigenvalue weighted by Gasteiger charge is 2.58. The molecule has 0 aromatic carbocycles. The Morgan fingerprint density at radius 2 is 2.06 bits per heavy atom. The molecule has 1 saturated heterocycles. The van der Waals surface area contributed by atoms with Gasteiger partial charge in [-0.3, -0.25) is 4.79 Å². The van der Waals surface area contributed by atoms with Gasteiger partial charge in [-0.2, -0.15) is 0 Å². The van der Waals surface area contributed by atoms with Crippen LogP contribution in [0.3, 0.4) is 0 Å². The van der Waals surface area contributed by atoms with E-state index < -0.39 is 11.4 Å². The molecule has 3 nitrogen and oxygen atoms in total. The minimum absolute atomic E-state index is 0.211. The molecule has 0 bridgehead atoms. The van der Waals surface area contributed by atoms with Gasteiger partial charge in [-0.1, -0.05) is 0 Å². The van der Waals surface area contributed by atoms with Gasteiger partial charge in [-0.05, 0) is 56.8 Å². The Morgan fingerprint density at radius 3 is 2.62 bits per heavy atom. The van der Waals surface area contributed by atoms with Crippen LogP contribution in [-0.4, -0.2) is 23.8 Å². The second-order valence-electron chi connectivity index (χ2n) is 5.94. The van der Waals surface area contributed by atoms with Crippen molar-refractivity contribution in [3.05, 3.63) is 0 Å². The van der Waals surface area contributed by atoms with E-state index in [0.29, 0.717) is 0 Å². The van der Waals surface area contributed by atoms with Crippen molar-refractivity contribution < 1.29 is 14.6 Å². The largest absolute Gasteiger partial charge is 0.481 e. The first-order chi connectivity index (χ1) is 7.70. The summed E-state index contributed by atoms with van der Waals surface area (Å²) in [5, 5.41) is 9.48. The van der Waals surface area contributed by atoms with Gasteiger partial charge in [0.15, 0.2) is 0 Å². The highest BCUT2D eigenvalue weighted by molar-refractivity contribution is 5.75. The summed E-state index contributed by atoms with van der Waals surface area (Å²) < 4.78 is 5.70. The molecule has 16 heavy (non-hydrogen) atoms. The Balaban J connectivity index is 1.67. The molecule has 3 heteroatoms. The molecule has 0 amide bonds. The molecule has 1 heterocycles. The zero-order valence-electron chi connectivity index (χ0n) is 9.65. The SMILES string of the molecule is O=C(O)C1(CC2CCCCO2)CC2CC2C1. The van der Waals surface area contributed by atoms with Gasteiger partial charge in [0.1, 0.15) is 0 Å². The minimum Gasteiger partial charge on any atom is -0.481 e. The van der Waals surface area contributed by atoms with E-state index in [1.165, 1.54) is 12.8 Å². The lowest BCUT2D eigenvalue weighted by Gasteiger charge is -2.32. The minimum atomic E-state index is -0.575. The summed E-state index contributed by atoms with van der Waals surface area (Å²) in [6.07, 6.45) is 7.47. The van der Waals surface area contributed by atoms with E-state index in [0.717, 1.165) is 50.5 Å². The van der Waals surface area contributed by atoms with Crippen LogP contribution in [0.15, 0.2) is 0 Å². The van der Waals surface area contributed by atoms with Crippen molar-refractivity contribution in [2.24, 2.45) is 17.3 Å². The molecule has 3 rings (SSSR count). The Morgan fingerprint density at radius 1 is 1.31 bits per heavy atom. The molecule has 0 aromatic heterocycles. The molecule has 0 spiro atoms. The Bertz CT molecular complexity index is 284. The van der Waals surface area contributed by atoms with Crippen molar-refractivity contribution in [3.63, 3.8) is 0 Å². The first-order valence-electron chi connectivity index (χ1n) is 6.55. The molecule has 3 atom stereocenters. The van der Waals surface area contributed by atoms with Crippen LogP contribution in [0.25, 0.3) is 0 Å². The Hall–Kier alpha value is -0.570. The molecule has 0 aromatic rings. The van der Waals surface area contributed by atoms with Crippen molar-refractivity contribution in [1.29, 1.82) is 0 Å². The number of fused-ring (bicyclic) bond motifs is 1. The van der Waals surface area contributed by atoms with Gasteiger partial charge in [-0.15, -0.1) is 0 Å². The maximum absolute atomic E-state index is 11.5. The Kier molecular flexibility index (Phi) is 2.46. The number of carboxylic acid groups (broad SMARTS) is 1. The van der Waals surface area contributed by atoms with Crippen LogP contribution < -0.4 is 0 Å². The normalized spacial score (nSPS) is 46.4. The van der Waals surface area contributed by atoms with E-state index in [-0.39, 0.29) is 6.10 Å². The van der Waals surface area contributed by atoms with Gasteiger partial charge >= 0.3 is 5.97 Å². The van der Waals surface area contributed by atoms with Gasteiger partial charge < -0.3 is 9.84 Å². The van der Waals surface area contributed by atoms with Crippen molar-refractivity contribution in [2.75, 3.05) is 6.61 Å². The van der Waals surface area contributed by atoms with Crippen molar-refractivity contribution >= 4 is 5.97 Å². The van der Waals surface area contributed by atoms with Crippen LogP contribution in [0.1, 0.15) is 44.9 Å². The summed E-state index contributed by atoms with van der Waals surface area (Å²) >= 11 is 0. The second kappa shape index (κ2) is 3.73. The van der Waals surface area contributed by atoms with E-state index in [1.807, 2.05) is 0 Å². The lowest BCUT2D eigenvalue weighted by molar-refractivity contribution is -0.152. The molecule has 2 aliphatic carbocycles. The van der Waals surface area contributed by atoms with Crippen molar-refractivity contribution in [3.8, 4) is 0 Å². The second-order valence-corrected chi connectivity index (χ2v) is 5.94. The lowest BCUT2D eigenvalue weighted by atomic mass is 9.77. The van der Waals surface area contributed by atoms with Crippen LogP contribution in [-0.2, 0) is 9.53 Å². The van der Waals surface area contributed by atoms with E-state index in [2.05, 4.69) is 0 Å². The number of carboxylic acids is 1. The molecule has 0 radical (unpaired) electrons. The van der Waals surface area contributed by atoms with Crippen LogP contribution in [0.2, 0.25) is 0 Å². The van der Waals surface area contributed by atoms with Gasteiger partial charge in [0.25, 0.3) is 0 Å². The molecule has 3 aliphatic rings. The van der Waals surface area contributed by atoms with Gasteiger partial charge in [-0.25, -0.2) is 0 Å². The predicted octanol–water partition coefficient (Wildman–Crippen LogP) is 2.45. The summed E-state index contributed by atoms with van der Waals surface area (Å²) in [5.41, 5.74) is -0.435. The summed E-state index contributed by atoms with van der Waals surface area (Å²) in [6.45, 7) is 0.827. The monoisotopic (exact) mass is 224 g/mol. The van der Waals surface area contributed by atoms with Crippen LogP contribution >= 0.6 is 0 Å². The van der Waals surface area contributed by atoms with Gasteiger partial charge in [0.2, 0.25) is 0 Å².